The predicted molar refractivity (Wildman–Crippen MR) is 86.2 cm³/mol. The number of fused-ring (bicyclic) bond motifs is 1. The smallest absolute Gasteiger partial charge is 0.238 e. The van der Waals surface area contributed by atoms with E-state index < -0.39 is 0 Å². The summed E-state index contributed by atoms with van der Waals surface area (Å²) in [6, 6.07) is 10.4. The van der Waals surface area contributed by atoms with E-state index in [-0.39, 0.29) is 5.91 Å². The van der Waals surface area contributed by atoms with Crippen LogP contribution in [0.1, 0.15) is 39.0 Å². The van der Waals surface area contributed by atoms with Crippen LogP contribution in [-0.4, -0.2) is 29.9 Å². The fourth-order valence-corrected chi connectivity index (χ4v) is 4.28. The zero-order valence-electron chi connectivity index (χ0n) is 12.9. The molecule has 0 radical (unpaired) electrons. The average Bonchev–Trinajstić information content (AvgIpc) is 2.48. The molecule has 3 heteroatoms. The first-order valence-electron chi connectivity index (χ1n) is 8.33. The Balaban J connectivity index is 1.61. The van der Waals surface area contributed by atoms with Crippen LogP contribution in [0.25, 0.3) is 0 Å². The number of amides is 1. The number of carbonyl (C=O) groups excluding carboxylic acids is 1. The third-order valence-corrected chi connectivity index (χ3v) is 5.15. The molecule has 0 unspecified atom stereocenters. The number of rotatable bonds is 3. The van der Waals surface area contributed by atoms with Gasteiger partial charge in [0.1, 0.15) is 0 Å². The van der Waals surface area contributed by atoms with Gasteiger partial charge in [-0.25, -0.2) is 0 Å². The zero-order chi connectivity index (χ0) is 14.7. The van der Waals surface area contributed by atoms with Crippen LogP contribution in [0.15, 0.2) is 30.3 Å². The maximum Gasteiger partial charge on any atom is 0.238 e. The lowest BCUT2D eigenvalue weighted by Crippen LogP contribution is -2.52. The van der Waals surface area contributed by atoms with Crippen LogP contribution in [0.5, 0.6) is 0 Å². The van der Waals surface area contributed by atoms with Crippen molar-refractivity contribution in [2.75, 3.05) is 18.4 Å². The molecule has 1 aromatic rings. The Morgan fingerprint density at radius 1 is 1.19 bits per heavy atom. The number of likely N-dealkylation sites (tertiary alicyclic amines) is 1. The van der Waals surface area contributed by atoms with Crippen molar-refractivity contribution in [1.82, 2.24) is 4.90 Å². The monoisotopic (exact) mass is 286 g/mol. The lowest BCUT2D eigenvalue weighted by molar-refractivity contribution is -0.119. The summed E-state index contributed by atoms with van der Waals surface area (Å²) in [5.74, 6) is 1.67. The number of piperidine rings is 1. The fraction of sp³-hybridized carbons (Fsp3) is 0.611. The molecule has 1 amide bonds. The molecular formula is C18H26N2O. The average molecular weight is 286 g/mol. The van der Waals surface area contributed by atoms with Gasteiger partial charge in [-0.2, -0.15) is 0 Å². The van der Waals surface area contributed by atoms with Gasteiger partial charge in [0.25, 0.3) is 0 Å². The van der Waals surface area contributed by atoms with Crippen molar-refractivity contribution in [3.63, 3.8) is 0 Å². The number of nitrogens with zero attached hydrogens (tertiary/aromatic N) is 1. The minimum Gasteiger partial charge on any atom is -0.325 e. The number of hydrogen-bond donors (Lipinski definition) is 1. The Hall–Kier alpha value is -1.35. The minimum atomic E-state index is 0.125. The van der Waals surface area contributed by atoms with Gasteiger partial charge in [0, 0.05) is 11.7 Å². The Labute approximate surface area is 127 Å². The molecular weight excluding hydrogens is 260 g/mol. The third kappa shape index (κ3) is 3.46. The molecule has 1 heterocycles. The van der Waals surface area contributed by atoms with Crippen molar-refractivity contribution in [2.45, 2.75) is 45.1 Å². The topological polar surface area (TPSA) is 32.3 Å². The summed E-state index contributed by atoms with van der Waals surface area (Å²) in [5.41, 5.74) is 0.896. The highest BCUT2D eigenvalue weighted by molar-refractivity contribution is 5.92. The van der Waals surface area contributed by atoms with Gasteiger partial charge in [0.2, 0.25) is 5.91 Å². The van der Waals surface area contributed by atoms with E-state index in [2.05, 4.69) is 17.1 Å². The van der Waals surface area contributed by atoms with Crippen LogP contribution in [0, 0.1) is 11.8 Å². The van der Waals surface area contributed by atoms with Gasteiger partial charge in [0.05, 0.1) is 6.54 Å². The summed E-state index contributed by atoms with van der Waals surface area (Å²) in [6.45, 7) is 3.98. The van der Waals surface area contributed by atoms with Gasteiger partial charge in [0.15, 0.2) is 0 Å². The number of carbonyl (C=O) groups is 1. The summed E-state index contributed by atoms with van der Waals surface area (Å²) in [6.07, 6.45) is 6.63. The lowest BCUT2D eigenvalue weighted by Gasteiger charge is -2.47. The number of para-hydroxylation sites is 1. The molecule has 2 fully saturated rings. The Morgan fingerprint density at radius 3 is 2.76 bits per heavy atom. The van der Waals surface area contributed by atoms with Gasteiger partial charge in [-0.3, -0.25) is 9.69 Å². The number of nitrogens with one attached hydrogen (secondary N) is 1. The second-order valence-corrected chi connectivity index (χ2v) is 6.69. The summed E-state index contributed by atoms with van der Waals surface area (Å²) < 4.78 is 0. The van der Waals surface area contributed by atoms with E-state index in [9.17, 15) is 4.79 Å². The molecule has 1 aliphatic heterocycles. The van der Waals surface area contributed by atoms with E-state index in [0.717, 1.165) is 24.1 Å². The highest BCUT2D eigenvalue weighted by Crippen LogP contribution is 2.38. The summed E-state index contributed by atoms with van der Waals surface area (Å²) in [5, 5.41) is 3.02. The molecule has 1 N–H and O–H groups in total. The van der Waals surface area contributed by atoms with E-state index in [1.165, 1.54) is 32.1 Å². The van der Waals surface area contributed by atoms with Gasteiger partial charge in [-0.15, -0.1) is 0 Å². The molecule has 114 valence electrons. The molecule has 21 heavy (non-hydrogen) atoms. The molecule has 1 aromatic carbocycles. The van der Waals surface area contributed by atoms with Crippen molar-refractivity contribution in [3.8, 4) is 0 Å². The first kappa shape index (κ1) is 14.6. The van der Waals surface area contributed by atoms with E-state index in [4.69, 9.17) is 0 Å². The lowest BCUT2D eigenvalue weighted by atomic mass is 9.73. The molecule has 0 bridgehead atoms. The molecule has 3 atom stereocenters. The molecule has 0 spiro atoms. The second kappa shape index (κ2) is 6.61. The van der Waals surface area contributed by atoms with Crippen LogP contribution in [0.3, 0.4) is 0 Å². The van der Waals surface area contributed by atoms with E-state index in [0.29, 0.717) is 12.6 Å². The Bertz CT molecular complexity index is 471. The molecule has 3 rings (SSSR count). The summed E-state index contributed by atoms with van der Waals surface area (Å²) in [7, 11) is 0. The van der Waals surface area contributed by atoms with E-state index in [1.54, 1.807) is 0 Å². The third-order valence-electron chi connectivity index (χ3n) is 5.15. The molecule has 2 aliphatic rings. The van der Waals surface area contributed by atoms with Crippen LogP contribution in [0.2, 0.25) is 0 Å². The van der Waals surface area contributed by atoms with Crippen molar-refractivity contribution in [1.29, 1.82) is 0 Å². The summed E-state index contributed by atoms with van der Waals surface area (Å²) in [4.78, 5) is 14.7. The first-order chi connectivity index (χ1) is 10.2. The van der Waals surface area contributed by atoms with Gasteiger partial charge in [-0.05, 0) is 56.2 Å². The van der Waals surface area contributed by atoms with Gasteiger partial charge < -0.3 is 5.32 Å². The zero-order valence-corrected chi connectivity index (χ0v) is 12.9. The second-order valence-electron chi connectivity index (χ2n) is 6.69. The van der Waals surface area contributed by atoms with Crippen molar-refractivity contribution in [2.24, 2.45) is 11.8 Å². The molecule has 1 saturated heterocycles. The largest absolute Gasteiger partial charge is 0.325 e. The molecule has 1 aliphatic carbocycles. The quantitative estimate of drug-likeness (QED) is 0.922. The maximum absolute atomic E-state index is 12.3. The molecule has 0 aromatic heterocycles. The first-order valence-corrected chi connectivity index (χ1v) is 8.33. The normalized spacial score (nSPS) is 29.7. The van der Waals surface area contributed by atoms with Crippen molar-refractivity contribution in [3.05, 3.63) is 30.3 Å². The SMILES string of the molecule is C[C@@H]1CCC[C@@H]2CCCN(CC(=O)Nc3ccccc3)[C@H]21. The van der Waals surface area contributed by atoms with Crippen molar-refractivity contribution >= 4 is 11.6 Å². The Kier molecular flexibility index (Phi) is 4.59. The summed E-state index contributed by atoms with van der Waals surface area (Å²) >= 11 is 0. The van der Waals surface area contributed by atoms with Crippen LogP contribution in [-0.2, 0) is 4.79 Å². The number of hydrogen-bond acceptors (Lipinski definition) is 2. The molecule has 1 saturated carbocycles. The highest BCUT2D eigenvalue weighted by Gasteiger charge is 2.37. The highest BCUT2D eigenvalue weighted by atomic mass is 16.2. The fourth-order valence-electron chi connectivity index (χ4n) is 4.28. The predicted octanol–water partition coefficient (Wildman–Crippen LogP) is 3.53. The maximum atomic E-state index is 12.3. The number of benzene rings is 1. The van der Waals surface area contributed by atoms with Crippen molar-refractivity contribution < 1.29 is 4.79 Å². The van der Waals surface area contributed by atoms with Crippen LogP contribution < -0.4 is 5.32 Å². The van der Waals surface area contributed by atoms with Gasteiger partial charge in [-0.1, -0.05) is 31.5 Å². The Morgan fingerprint density at radius 2 is 1.95 bits per heavy atom. The molecule has 3 nitrogen and oxygen atoms in total. The van der Waals surface area contributed by atoms with E-state index >= 15 is 0 Å². The standard InChI is InChI=1S/C18H26N2O/c1-14-7-5-8-15-9-6-12-20(18(14)15)13-17(21)19-16-10-3-2-4-11-16/h2-4,10-11,14-15,18H,5-9,12-13H2,1H3,(H,19,21)/t14-,15-,18+/m1/s1. The number of anilines is 1. The van der Waals surface area contributed by atoms with Crippen LogP contribution in [0.4, 0.5) is 5.69 Å². The van der Waals surface area contributed by atoms with Gasteiger partial charge >= 0.3 is 0 Å². The minimum absolute atomic E-state index is 0.125. The van der Waals surface area contributed by atoms with E-state index in [1.807, 2.05) is 30.3 Å². The van der Waals surface area contributed by atoms with Crippen LogP contribution >= 0.6 is 0 Å².